The molecule has 8 heteroatoms. The van der Waals surface area contributed by atoms with Crippen LogP contribution in [0.25, 0.3) is 22.3 Å². The summed E-state index contributed by atoms with van der Waals surface area (Å²) in [7, 11) is 0. The van der Waals surface area contributed by atoms with Gasteiger partial charge in [-0.2, -0.15) is 5.10 Å². The Balaban J connectivity index is 1.73. The van der Waals surface area contributed by atoms with Crippen molar-refractivity contribution in [2.24, 2.45) is 0 Å². The van der Waals surface area contributed by atoms with Crippen LogP contribution in [-0.4, -0.2) is 63.3 Å². The number of aromatic amines is 1. The quantitative estimate of drug-likeness (QED) is 0.736. The van der Waals surface area contributed by atoms with E-state index in [0.717, 1.165) is 16.7 Å². The van der Waals surface area contributed by atoms with Crippen LogP contribution in [-0.2, 0) is 4.74 Å². The maximum atomic E-state index is 12.8. The van der Waals surface area contributed by atoms with Crippen LogP contribution in [0.3, 0.4) is 0 Å². The lowest BCUT2D eigenvalue weighted by Gasteiger charge is -2.26. The topological polar surface area (TPSA) is 96.0 Å². The number of carbonyl (C=O) groups is 1. The van der Waals surface area contributed by atoms with Crippen LogP contribution in [0.15, 0.2) is 30.6 Å². The molecule has 3 aromatic rings. The molecule has 1 amide bonds. The van der Waals surface area contributed by atoms with Crippen molar-refractivity contribution in [2.75, 3.05) is 31.6 Å². The third-order valence-electron chi connectivity index (χ3n) is 4.45. The molecule has 8 nitrogen and oxygen atoms in total. The lowest BCUT2D eigenvalue weighted by atomic mass is 10.1. The van der Waals surface area contributed by atoms with Gasteiger partial charge in [-0.25, -0.2) is 4.98 Å². The van der Waals surface area contributed by atoms with Gasteiger partial charge >= 0.3 is 0 Å². The van der Waals surface area contributed by atoms with Gasteiger partial charge in [-0.3, -0.25) is 14.9 Å². The Kier molecular flexibility index (Phi) is 4.72. The summed E-state index contributed by atoms with van der Waals surface area (Å²) in [6.45, 7) is 6.47. The van der Waals surface area contributed by atoms with Crippen LogP contribution in [0.5, 0.6) is 0 Å². The van der Waals surface area contributed by atoms with Crippen LogP contribution in [0.4, 0.5) is 5.82 Å². The van der Waals surface area contributed by atoms with Crippen LogP contribution in [0, 0.1) is 0 Å². The van der Waals surface area contributed by atoms with Crippen molar-refractivity contribution < 1.29 is 9.53 Å². The fourth-order valence-electron chi connectivity index (χ4n) is 3.18. The van der Waals surface area contributed by atoms with Crippen molar-refractivity contribution >= 4 is 22.6 Å². The Labute approximate surface area is 157 Å². The van der Waals surface area contributed by atoms with E-state index in [1.807, 2.05) is 6.07 Å². The highest BCUT2D eigenvalue weighted by molar-refractivity contribution is 6.01. The normalized spacial score (nSPS) is 14.7. The monoisotopic (exact) mass is 366 g/mol. The van der Waals surface area contributed by atoms with Gasteiger partial charge in [-0.15, -0.1) is 0 Å². The van der Waals surface area contributed by atoms with E-state index in [1.165, 1.54) is 0 Å². The largest absolute Gasteiger partial charge is 0.378 e. The maximum Gasteiger partial charge on any atom is 0.254 e. The second-order valence-corrected chi connectivity index (χ2v) is 6.79. The molecule has 2 N–H and O–H groups in total. The number of amides is 1. The molecule has 4 heterocycles. The highest BCUT2D eigenvalue weighted by Crippen LogP contribution is 2.30. The minimum atomic E-state index is -0.0135. The van der Waals surface area contributed by atoms with E-state index < -0.39 is 0 Å². The first-order valence-corrected chi connectivity index (χ1v) is 9.06. The number of fused-ring (bicyclic) bond motifs is 1. The zero-order chi connectivity index (χ0) is 18.8. The molecule has 0 unspecified atom stereocenters. The summed E-state index contributed by atoms with van der Waals surface area (Å²) >= 11 is 0. The summed E-state index contributed by atoms with van der Waals surface area (Å²) in [4.78, 5) is 23.5. The Morgan fingerprint density at radius 2 is 2.00 bits per heavy atom. The van der Waals surface area contributed by atoms with E-state index in [2.05, 4.69) is 39.3 Å². The predicted octanol–water partition coefficient (Wildman–Crippen LogP) is 2.31. The summed E-state index contributed by atoms with van der Waals surface area (Å²) in [5, 5.41) is 11.7. The van der Waals surface area contributed by atoms with Crippen molar-refractivity contribution in [3.8, 4) is 11.4 Å². The molecule has 0 aromatic carbocycles. The fourth-order valence-corrected chi connectivity index (χ4v) is 3.18. The molecule has 0 atom stereocenters. The molecular formula is C19H22N6O2. The number of ether oxygens (including phenoxy) is 1. The Morgan fingerprint density at radius 1 is 1.22 bits per heavy atom. The Bertz CT molecular complexity index is 962. The van der Waals surface area contributed by atoms with Gasteiger partial charge in [0.1, 0.15) is 11.5 Å². The van der Waals surface area contributed by atoms with Crippen molar-refractivity contribution in [1.82, 2.24) is 25.1 Å². The number of morpholine rings is 1. The number of nitrogens with zero attached hydrogens (tertiary/aromatic N) is 4. The molecule has 27 heavy (non-hydrogen) atoms. The first kappa shape index (κ1) is 17.4. The van der Waals surface area contributed by atoms with E-state index >= 15 is 0 Å². The number of hydrogen-bond donors (Lipinski definition) is 2. The first-order valence-electron chi connectivity index (χ1n) is 9.06. The zero-order valence-electron chi connectivity index (χ0n) is 15.4. The number of rotatable bonds is 4. The van der Waals surface area contributed by atoms with E-state index in [9.17, 15) is 4.79 Å². The minimum Gasteiger partial charge on any atom is -0.378 e. The molecule has 3 aromatic heterocycles. The van der Waals surface area contributed by atoms with Crippen molar-refractivity contribution in [3.63, 3.8) is 0 Å². The second-order valence-electron chi connectivity index (χ2n) is 6.79. The van der Waals surface area contributed by atoms with Gasteiger partial charge in [0.2, 0.25) is 0 Å². The average Bonchev–Trinajstić information content (AvgIpc) is 3.13. The third kappa shape index (κ3) is 3.48. The summed E-state index contributed by atoms with van der Waals surface area (Å²) in [6.07, 6.45) is 3.39. The summed E-state index contributed by atoms with van der Waals surface area (Å²) in [6, 6.07) is 5.63. The number of pyridine rings is 2. The summed E-state index contributed by atoms with van der Waals surface area (Å²) in [5.41, 5.74) is 2.79. The molecule has 4 rings (SSSR count). The van der Waals surface area contributed by atoms with Gasteiger partial charge in [-0.1, -0.05) is 0 Å². The first-order chi connectivity index (χ1) is 13.1. The SMILES string of the molecule is CC(C)Nc1nccc2[nH]nc(-c3cc(C(=O)N4CCOCC4)ccn3)c12. The molecule has 1 fully saturated rings. The molecule has 0 radical (unpaired) electrons. The maximum absolute atomic E-state index is 12.8. The molecule has 140 valence electrons. The lowest BCUT2D eigenvalue weighted by Crippen LogP contribution is -2.40. The van der Waals surface area contributed by atoms with Crippen LogP contribution < -0.4 is 5.32 Å². The van der Waals surface area contributed by atoms with E-state index in [0.29, 0.717) is 43.3 Å². The number of anilines is 1. The number of H-pyrrole nitrogens is 1. The second kappa shape index (κ2) is 7.32. The highest BCUT2D eigenvalue weighted by Gasteiger charge is 2.21. The Morgan fingerprint density at radius 3 is 2.78 bits per heavy atom. The number of nitrogens with one attached hydrogen (secondary N) is 2. The van der Waals surface area contributed by atoms with Gasteiger partial charge in [0.25, 0.3) is 5.91 Å². The van der Waals surface area contributed by atoms with Crippen LogP contribution >= 0.6 is 0 Å². The van der Waals surface area contributed by atoms with Crippen molar-refractivity contribution in [3.05, 3.63) is 36.2 Å². The molecular weight excluding hydrogens is 344 g/mol. The number of carbonyl (C=O) groups excluding carboxylic acids is 1. The van der Waals surface area contributed by atoms with Crippen LogP contribution in [0.1, 0.15) is 24.2 Å². The smallest absolute Gasteiger partial charge is 0.254 e. The van der Waals surface area contributed by atoms with Gasteiger partial charge in [0.05, 0.1) is 29.8 Å². The minimum absolute atomic E-state index is 0.0135. The van der Waals surface area contributed by atoms with E-state index in [4.69, 9.17) is 4.74 Å². The number of hydrogen-bond acceptors (Lipinski definition) is 6. The molecule has 0 spiro atoms. The lowest BCUT2D eigenvalue weighted by molar-refractivity contribution is 0.0303. The average molecular weight is 366 g/mol. The molecule has 1 aliphatic heterocycles. The van der Waals surface area contributed by atoms with Crippen molar-refractivity contribution in [1.29, 1.82) is 0 Å². The van der Waals surface area contributed by atoms with Gasteiger partial charge in [0.15, 0.2) is 0 Å². The molecule has 0 saturated carbocycles. The molecule has 1 saturated heterocycles. The molecule has 0 bridgehead atoms. The van der Waals surface area contributed by atoms with Crippen LogP contribution in [0.2, 0.25) is 0 Å². The third-order valence-corrected chi connectivity index (χ3v) is 4.45. The molecule has 1 aliphatic rings. The standard InChI is InChI=1S/C19H22N6O2/c1-12(2)22-18-16-14(4-6-21-18)23-24-17(16)15-11-13(3-5-20-15)19(26)25-7-9-27-10-8-25/h3-6,11-12H,7-10H2,1-2H3,(H,21,22)(H,23,24). The number of aromatic nitrogens is 4. The van der Waals surface area contributed by atoms with Crippen molar-refractivity contribution in [2.45, 2.75) is 19.9 Å². The fraction of sp³-hybridized carbons (Fsp3) is 0.368. The summed E-state index contributed by atoms with van der Waals surface area (Å²) in [5.74, 6) is 0.735. The van der Waals surface area contributed by atoms with E-state index in [-0.39, 0.29) is 11.9 Å². The Hall–Kier alpha value is -3.00. The van der Waals surface area contributed by atoms with Gasteiger partial charge < -0.3 is 15.0 Å². The van der Waals surface area contributed by atoms with Gasteiger partial charge in [-0.05, 0) is 32.0 Å². The highest BCUT2D eigenvalue weighted by atomic mass is 16.5. The predicted molar refractivity (Wildman–Crippen MR) is 103 cm³/mol. The summed E-state index contributed by atoms with van der Waals surface area (Å²) < 4.78 is 5.33. The van der Waals surface area contributed by atoms with Gasteiger partial charge in [0, 0.05) is 37.1 Å². The van der Waals surface area contributed by atoms with E-state index in [1.54, 1.807) is 29.4 Å². The zero-order valence-corrected chi connectivity index (χ0v) is 15.4. The molecule has 0 aliphatic carbocycles.